The third-order valence-electron chi connectivity index (χ3n) is 3.43. The van der Waals surface area contributed by atoms with Gasteiger partial charge in [0.05, 0.1) is 11.5 Å². The molecule has 1 rings (SSSR count). The zero-order valence-corrected chi connectivity index (χ0v) is 16.0. The monoisotopic (exact) mass is 356 g/mol. The summed E-state index contributed by atoms with van der Waals surface area (Å²) in [5.74, 6) is 3.65. The molecule has 0 atom stereocenters. The average molecular weight is 357 g/mol. The number of thioether (sulfide) groups is 1. The highest BCUT2D eigenvalue weighted by molar-refractivity contribution is 8.34. The Balaban J connectivity index is 2.86. The standard InChI is InChI=1S/C14H28O4S3/c1-5-6-9-21(16,17)18-20(10-7-19-8-11-20)12-13(15)14(2,3)4/h5-12H2,1-4H3. The molecule has 1 saturated heterocycles. The van der Waals surface area contributed by atoms with E-state index in [1.165, 1.54) is 0 Å². The first-order valence-corrected chi connectivity index (χ1v) is 12.2. The lowest BCUT2D eigenvalue weighted by atomic mass is 9.92. The molecule has 0 amide bonds. The largest absolute Gasteiger partial charge is 0.298 e. The molecule has 0 saturated carbocycles. The van der Waals surface area contributed by atoms with Gasteiger partial charge in [-0.2, -0.15) is 20.2 Å². The van der Waals surface area contributed by atoms with Crippen molar-refractivity contribution in [1.29, 1.82) is 0 Å². The summed E-state index contributed by atoms with van der Waals surface area (Å²) in [6.07, 6.45) is 1.43. The van der Waals surface area contributed by atoms with Gasteiger partial charge in [0.2, 0.25) is 0 Å². The van der Waals surface area contributed by atoms with E-state index in [2.05, 4.69) is 0 Å². The van der Waals surface area contributed by atoms with Crippen molar-refractivity contribution in [3.8, 4) is 0 Å². The Bertz CT molecular complexity index is 445. The molecule has 0 radical (unpaired) electrons. The smallest absolute Gasteiger partial charge is 0.276 e. The summed E-state index contributed by atoms with van der Waals surface area (Å²) in [6, 6.07) is 0. The van der Waals surface area contributed by atoms with E-state index in [4.69, 9.17) is 3.63 Å². The van der Waals surface area contributed by atoms with E-state index >= 15 is 0 Å². The van der Waals surface area contributed by atoms with Gasteiger partial charge < -0.3 is 0 Å². The lowest BCUT2D eigenvalue weighted by Crippen LogP contribution is -2.34. The van der Waals surface area contributed by atoms with Gasteiger partial charge in [-0.1, -0.05) is 34.1 Å². The summed E-state index contributed by atoms with van der Waals surface area (Å²) in [5.41, 5.74) is -0.443. The molecule has 0 aromatic heterocycles. The molecule has 7 heteroatoms. The van der Waals surface area contributed by atoms with Crippen LogP contribution in [0.15, 0.2) is 0 Å². The second-order valence-electron chi connectivity index (χ2n) is 6.49. The average Bonchev–Trinajstić information content (AvgIpc) is 2.35. The summed E-state index contributed by atoms with van der Waals surface area (Å²) < 4.78 is 30.0. The Kier molecular flexibility index (Phi) is 7.09. The maximum atomic E-state index is 12.4. The van der Waals surface area contributed by atoms with Crippen LogP contribution in [0.1, 0.15) is 40.5 Å². The highest BCUT2D eigenvalue weighted by Crippen LogP contribution is 2.54. The Morgan fingerprint density at radius 2 is 1.81 bits per heavy atom. The molecule has 1 heterocycles. The van der Waals surface area contributed by atoms with Gasteiger partial charge in [-0.05, 0) is 6.42 Å². The van der Waals surface area contributed by atoms with E-state index < -0.39 is 25.8 Å². The fourth-order valence-electron chi connectivity index (χ4n) is 1.89. The molecule has 0 unspecified atom stereocenters. The second kappa shape index (κ2) is 7.70. The first-order valence-electron chi connectivity index (χ1n) is 7.41. The molecule has 126 valence electrons. The molecule has 21 heavy (non-hydrogen) atoms. The molecule has 0 aromatic carbocycles. The van der Waals surface area contributed by atoms with E-state index in [-0.39, 0.29) is 17.3 Å². The molecule has 1 fully saturated rings. The van der Waals surface area contributed by atoms with Gasteiger partial charge >= 0.3 is 0 Å². The van der Waals surface area contributed by atoms with Crippen LogP contribution in [0.5, 0.6) is 0 Å². The van der Waals surface area contributed by atoms with Crippen molar-refractivity contribution >= 4 is 38.0 Å². The Hall–Kier alpha value is 0.280. The first-order chi connectivity index (χ1) is 9.60. The van der Waals surface area contributed by atoms with Gasteiger partial charge in [-0.15, -0.1) is 10.3 Å². The SMILES string of the molecule is CCCCS(=O)(=O)OS1(CC(=O)C(C)(C)C)CCSCC1. The summed E-state index contributed by atoms with van der Waals surface area (Å²) in [4.78, 5) is 12.4. The molecule has 0 bridgehead atoms. The highest BCUT2D eigenvalue weighted by atomic mass is 32.3. The predicted octanol–water partition coefficient (Wildman–Crippen LogP) is 3.21. The maximum absolute atomic E-state index is 12.4. The molecule has 0 spiro atoms. The topological polar surface area (TPSA) is 60.4 Å². The van der Waals surface area contributed by atoms with Crippen LogP contribution >= 0.6 is 22.1 Å². The lowest BCUT2D eigenvalue weighted by molar-refractivity contribution is -0.123. The van der Waals surface area contributed by atoms with Crippen molar-refractivity contribution in [2.75, 3.05) is 34.5 Å². The zero-order valence-electron chi connectivity index (χ0n) is 13.5. The van der Waals surface area contributed by atoms with Crippen LogP contribution < -0.4 is 0 Å². The lowest BCUT2D eigenvalue weighted by Gasteiger charge is -2.41. The molecular formula is C14H28O4S3. The number of hydrogen-bond donors (Lipinski definition) is 0. The van der Waals surface area contributed by atoms with Gasteiger partial charge in [-0.25, -0.2) is 3.63 Å². The second-order valence-corrected chi connectivity index (χ2v) is 12.8. The summed E-state index contributed by atoms with van der Waals surface area (Å²) in [7, 11) is -5.34. The third kappa shape index (κ3) is 6.50. The predicted molar refractivity (Wildman–Crippen MR) is 93.8 cm³/mol. The number of ketones is 1. The van der Waals surface area contributed by atoms with Gasteiger partial charge in [0.15, 0.2) is 0 Å². The first kappa shape index (κ1) is 19.3. The number of carbonyl (C=O) groups is 1. The fourth-order valence-corrected chi connectivity index (χ4v) is 10.3. The van der Waals surface area contributed by atoms with Crippen molar-refractivity contribution in [2.45, 2.75) is 40.5 Å². The van der Waals surface area contributed by atoms with Crippen LogP contribution in [-0.4, -0.2) is 48.7 Å². The third-order valence-corrected chi connectivity index (χ3v) is 10.4. The van der Waals surface area contributed by atoms with Crippen molar-refractivity contribution in [1.82, 2.24) is 0 Å². The van der Waals surface area contributed by atoms with E-state index in [0.29, 0.717) is 17.9 Å². The number of carbonyl (C=O) groups excluding carboxylic acids is 1. The van der Waals surface area contributed by atoms with Crippen molar-refractivity contribution in [3.63, 3.8) is 0 Å². The Morgan fingerprint density at radius 3 is 2.29 bits per heavy atom. The summed E-state index contributed by atoms with van der Waals surface area (Å²) in [6.45, 7) is 7.60. The summed E-state index contributed by atoms with van der Waals surface area (Å²) in [5, 5.41) is 0. The molecule has 1 aliphatic rings. The van der Waals surface area contributed by atoms with Crippen LogP contribution in [0.4, 0.5) is 0 Å². The summed E-state index contributed by atoms with van der Waals surface area (Å²) >= 11 is 1.81. The molecule has 0 aromatic rings. The minimum atomic E-state index is -3.52. The van der Waals surface area contributed by atoms with Crippen LogP contribution in [0.3, 0.4) is 0 Å². The minimum Gasteiger partial charge on any atom is -0.298 e. The fraction of sp³-hybridized carbons (Fsp3) is 0.929. The van der Waals surface area contributed by atoms with Crippen molar-refractivity contribution in [3.05, 3.63) is 0 Å². The van der Waals surface area contributed by atoms with Gasteiger partial charge in [0, 0.05) is 28.4 Å². The molecule has 4 nitrogen and oxygen atoms in total. The van der Waals surface area contributed by atoms with Crippen LogP contribution in [0.2, 0.25) is 0 Å². The molecule has 0 aliphatic carbocycles. The number of unbranched alkanes of at least 4 members (excludes halogenated alkanes) is 1. The van der Waals surface area contributed by atoms with Gasteiger partial charge in [-0.3, -0.25) is 4.79 Å². The minimum absolute atomic E-state index is 0.0646. The van der Waals surface area contributed by atoms with E-state index in [9.17, 15) is 13.2 Å². The normalized spacial score (nSPS) is 21.0. The Morgan fingerprint density at radius 1 is 1.24 bits per heavy atom. The molecule has 0 N–H and O–H groups in total. The maximum Gasteiger partial charge on any atom is 0.276 e. The quantitative estimate of drug-likeness (QED) is 0.701. The molecular weight excluding hydrogens is 328 g/mol. The number of rotatable bonds is 7. The number of hydrogen-bond acceptors (Lipinski definition) is 5. The number of Topliss-reactive ketones (excluding diaryl/α,β-unsaturated/α-hetero) is 1. The van der Waals surface area contributed by atoms with Gasteiger partial charge in [0.25, 0.3) is 10.1 Å². The van der Waals surface area contributed by atoms with Gasteiger partial charge in [0.1, 0.15) is 5.78 Å². The van der Waals surface area contributed by atoms with Crippen molar-refractivity contribution < 1.29 is 16.8 Å². The Labute approximate surface area is 135 Å². The highest BCUT2D eigenvalue weighted by Gasteiger charge is 2.37. The van der Waals surface area contributed by atoms with Crippen LogP contribution in [0, 0.1) is 5.41 Å². The van der Waals surface area contributed by atoms with E-state index in [0.717, 1.165) is 17.9 Å². The zero-order chi connectivity index (χ0) is 16.1. The molecule has 1 aliphatic heterocycles. The van der Waals surface area contributed by atoms with Crippen LogP contribution in [-0.2, 0) is 18.5 Å². The van der Waals surface area contributed by atoms with E-state index in [1.54, 1.807) is 0 Å². The van der Waals surface area contributed by atoms with Crippen LogP contribution in [0.25, 0.3) is 0 Å². The van der Waals surface area contributed by atoms with Crippen molar-refractivity contribution in [2.24, 2.45) is 5.41 Å². The van der Waals surface area contributed by atoms with E-state index in [1.807, 2.05) is 39.5 Å².